The molecular weight excluding hydrogens is 478 g/mol. The van der Waals surface area contributed by atoms with Gasteiger partial charge in [-0.2, -0.15) is 0 Å². The maximum atomic E-state index is 13.2. The number of hydrogen-bond acceptors (Lipinski definition) is 5. The molecule has 4 heterocycles. The number of imidazole rings is 1. The van der Waals surface area contributed by atoms with Gasteiger partial charge >= 0.3 is 0 Å². The van der Waals surface area contributed by atoms with Gasteiger partial charge in [-0.05, 0) is 48.9 Å². The fourth-order valence-electron chi connectivity index (χ4n) is 5.03. The summed E-state index contributed by atoms with van der Waals surface area (Å²) < 4.78 is 1.78. The molecule has 5 aromatic rings. The number of para-hydroxylation sites is 1. The summed E-state index contributed by atoms with van der Waals surface area (Å²) in [7, 11) is 1.68. The zero-order valence-electron chi connectivity index (χ0n) is 21.0. The number of fused-ring (bicyclic) bond motifs is 2. The Hall–Kier alpha value is -4.92. The number of benzene rings is 2. The van der Waals surface area contributed by atoms with Crippen molar-refractivity contribution in [1.29, 1.82) is 0 Å². The highest BCUT2D eigenvalue weighted by molar-refractivity contribution is 6.01. The summed E-state index contributed by atoms with van der Waals surface area (Å²) in [5, 5.41) is 9.37. The molecule has 1 aliphatic heterocycles. The van der Waals surface area contributed by atoms with Gasteiger partial charge in [-0.25, -0.2) is 9.50 Å². The molecule has 0 radical (unpaired) electrons. The Bertz CT molecular complexity index is 1670. The van der Waals surface area contributed by atoms with Gasteiger partial charge in [0.15, 0.2) is 5.65 Å². The number of aromatic amines is 1. The molecule has 6 rings (SSSR count). The molecule has 2 amide bonds. The summed E-state index contributed by atoms with van der Waals surface area (Å²) in [6.45, 7) is 4.74. The lowest BCUT2D eigenvalue weighted by Gasteiger charge is -2.19. The van der Waals surface area contributed by atoms with Gasteiger partial charge in [0.2, 0.25) is 5.91 Å². The minimum absolute atomic E-state index is 0.0314. The first kappa shape index (κ1) is 23.5. The fourth-order valence-corrected chi connectivity index (χ4v) is 5.03. The minimum Gasteiger partial charge on any atom is -0.364 e. The van der Waals surface area contributed by atoms with E-state index in [0.717, 1.165) is 39.9 Å². The smallest absolute Gasteiger partial charge is 0.253 e. The van der Waals surface area contributed by atoms with E-state index >= 15 is 0 Å². The average molecular weight is 506 g/mol. The van der Waals surface area contributed by atoms with E-state index in [1.807, 2.05) is 35.5 Å². The molecule has 1 saturated heterocycles. The highest BCUT2D eigenvalue weighted by atomic mass is 16.2. The van der Waals surface area contributed by atoms with Crippen LogP contribution in [0.3, 0.4) is 0 Å². The van der Waals surface area contributed by atoms with Gasteiger partial charge in [-0.1, -0.05) is 24.8 Å². The highest BCUT2D eigenvalue weighted by Crippen LogP contribution is 2.32. The van der Waals surface area contributed by atoms with Crippen molar-refractivity contribution in [3.05, 3.63) is 91.4 Å². The quantitative estimate of drug-likeness (QED) is 0.334. The van der Waals surface area contributed by atoms with Crippen LogP contribution in [0.15, 0.2) is 85.8 Å². The van der Waals surface area contributed by atoms with Crippen LogP contribution in [0.2, 0.25) is 0 Å². The topological polar surface area (TPSA) is 98.6 Å². The SMILES string of the molecule is C=CC(=O)N(C)c1ccc(C(=O)N2CC[C@@H](Nc3cc(-c4c[nH]c5ccccc45)c4nccn4n3)C2)cc1. The van der Waals surface area contributed by atoms with Crippen molar-refractivity contribution in [2.24, 2.45) is 0 Å². The number of hydrogen-bond donors (Lipinski definition) is 2. The van der Waals surface area contributed by atoms with E-state index in [1.54, 1.807) is 42.0 Å². The number of carbonyl (C=O) groups excluding carboxylic acids is 2. The number of aromatic nitrogens is 4. The van der Waals surface area contributed by atoms with E-state index in [9.17, 15) is 9.59 Å². The lowest BCUT2D eigenvalue weighted by Crippen LogP contribution is -2.32. The van der Waals surface area contributed by atoms with Crippen LogP contribution in [0.25, 0.3) is 27.7 Å². The van der Waals surface area contributed by atoms with Crippen molar-refractivity contribution >= 4 is 39.9 Å². The second-order valence-corrected chi connectivity index (χ2v) is 9.42. The Morgan fingerprint density at radius 2 is 1.97 bits per heavy atom. The Labute approximate surface area is 219 Å². The molecule has 1 fully saturated rings. The van der Waals surface area contributed by atoms with Crippen molar-refractivity contribution in [2.45, 2.75) is 12.5 Å². The summed E-state index contributed by atoms with van der Waals surface area (Å²) in [4.78, 5) is 36.2. The molecule has 1 atom stereocenters. The molecule has 9 heteroatoms. The standard InChI is InChI=1S/C29H27N7O2/c1-3-27(37)34(2)21-10-8-19(9-11-21)29(38)35-14-12-20(18-35)32-26-16-23(28-30-13-15-36(28)33-26)24-17-31-25-7-5-4-6-22(24)25/h3-11,13,15-17,20,31H,1,12,14,18H2,2H3,(H,32,33)/t20-/m1/s1. The molecule has 190 valence electrons. The maximum Gasteiger partial charge on any atom is 0.253 e. The first-order valence-electron chi connectivity index (χ1n) is 12.5. The Morgan fingerprint density at radius 1 is 1.16 bits per heavy atom. The highest BCUT2D eigenvalue weighted by Gasteiger charge is 2.28. The predicted octanol–water partition coefficient (Wildman–Crippen LogP) is 4.35. The molecule has 2 aromatic carbocycles. The monoisotopic (exact) mass is 505 g/mol. The number of nitrogens with zero attached hydrogens (tertiary/aromatic N) is 5. The normalized spacial score (nSPS) is 15.2. The van der Waals surface area contributed by atoms with Crippen LogP contribution in [-0.4, -0.2) is 62.5 Å². The maximum absolute atomic E-state index is 13.2. The Kier molecular flexibility index (Phi) is 5.88. The van der Waals surface area contributed by atoms with Crippen LogP contribution in [0.1, 0.15) is 16.8 Å². The van der Waals surface area contributed by atoms with Gasteiger partial charge in [0.05, 0.1) is 0 Å². The first-order valence-corrected chi connectivity index (χ1v) is 12.5. The summed E-state index contributed by atoms with van der Waals surface area (Å²) in [6, 6.07) is 17.3. The van der Waals surface area contributed by atoms with Crippen molar-refractivity contribution in [3.63, 3.8) is 0 Å². The number of carbonyl (C=O) groups is 2. The van der Waals surface area contributed by atoms with Gasteiger partial charge in [-0.15, -0.1) is 5.10 Å². The van der Waals surface area contributed by atoms with Crippen LogP contribution >= 0.6 is 0 Å². The number of amides is 2. The third kappa shape index (κ3) is 4.17. The zero-order chi connectivity index (χ0) is 26.2. The molecule has 38 heavy (non-hydrogen) atoms. The van der Waals surface area contributed by atoms with Crippen molar-refractivity contribution in [1.82, 2.24) is 24.5 Å². The van der Waals surface area contributed by atoms with Crippen LogP contribution in [-0.2, 0) is 4.79 Å². The largest absolute Gasteiger partial charge is 0.364 e. The second kappa shape index (κ2) is 9.51. The number of anilines is 2. The van der Waals surface area contributed by atoms with Crippen LogP contribution in [0.5, 0.6) is 0 Å². The molecule has 0 aliphatic carbocycles. The van der Waals surface area contributed by atoms with Crippen molar-refractivity contribution in [3.8, 4) is 11.1 Å². The molecular formula is C29H27N7O2. The molecule has 0 unspecified atom stereocenters. The van der Waals surface area contributed by atoms with Gasteiger partial charge in [0, 0.05) is 78.1 Å². The summed E-state index contributed by atoms with van der Waals surface area (Å²) >= 11 is 0. The Morgan fingerprint density at radius 3 is 2.79 bits per heavy atom. The molecule has 0 spiro atoms. The fraction of sp³-hybridized carbons (Fsp3) is 0.172. The third-order valence-corrected chi connectivity index (χ3v) is 7.07. The van der Waals surface area contributed by atoms with Gasteiger partial charge in [0.1, 0.15) is 5.82 Å². The number of likely N-dealkylation sites (tertiary alicyclic amines) is 1. The van der Waals surface area contributed by atoms with Crippen LogP contribution in [0.4, 0.5) is 11.5 Å². The molecule has 9 nitrogen and oxygen atoms in total. The van der Waals surface area contributed by atoms with E-state index in [1.165, 1.54) is 11.0 Å². The van der Waals surface area contributed by atoms with Crippen LogP contribution in [0, 0.1) is 0 Å². The number of rotatable bonds is 6. The summed E-state index contributed by atoms with van der Waals surface area (Å²) in [5.74, 6) is 0.498. The van der Waals surface area contributed by atoms with Crippen LogP contribution < -0.4 is 10.2 Å². The molecule has 0 saturated carbocycles. The number of likely N-dealkylation sites (N-methyl/N-ethyl adjacent to an activating group) is 1. The minimum atomic E-state index is -0.201. The first-order chi connectivity index (χ1) is 18.5. The molecule has 3 aromatic heterocycles. The number of nitrogens with one attached hydrogen (secondary N) is 2. The summed E-state index contributed by atoms with van der Waals surface area (Å²) in [5.41, 5.74) is 5.20. The average Bonchev–Trinajstić information content (AvgIpc) is 3.71. The molecule has 0 bridgehead atoms. The van der Waals surface area contributed by atoms with E-state index in [-0.39, 0.29) is 17.9 Å². The zero-order valence-corrected chi connectivity index (χ0v) is 21.0. The van der Waals surface area contributed by atoms with E-state index in [2.05, 4.69) is 34.0 Å². The van der Waals surface area contributed by atoms with Gasteiger partial charge < -0.3 is 20.1 Å². The van der Waals surface area contributed by atoms with Gasteiger partial charge in [0.25, 0.3) is 5.91 Å². The van der Waals surface area contributed by atoms with Crippen molar-refractivity contribution in [2.75, 3.05) is 30.4 Å². The lowest BCUT2D eigenvalue weighted by molar-refractivity contribution is -0.113. The van der Waals surface area contributed by atoms with Crippen molar-refractivity contribution < 1.29 is 9.59 Å². The molecule has 1 aliphatic rings. The number of H-pyrrole nitrogens is 1. The predicted molar refractivity (Wildman–Crippen MR) is 148 cm³/mol. The summed E-state index contributed by atoms with van der Waals surface area (Å²) in [6.07, 6.45) is 7.67. The Balaban J connectivity index is 1.19. The lowest BCUT2D eigenvalue weighted by atomic mass is 10.1. The molecule has 2 N–H and O–H groups in total. The third-order valence-electron chi connectivity index (χ3n) is 7.07. The van der Waals surface area contributed by atoms with Gasteiger partial charge in [-0.3, -0.25) is 9.59 Å². The van der Waals surface area contributed by atoms with E-state index in [0.29, 0.717) is 24.3 Å². The van der Waals surface area contributed by atoms with E-state index < -0.39 is 0 Å². The second-order valence-electron chi connectivity index (χ2n) is 9.42. The van der Waals surface area contributed by atoms with E-state index in [4.69, 9.17) is 5.10 Å².